The molecule has 17 heavy (non-hydrogen) atoms. The van der Waals surface area contributed by atoms with E-state index in [1.165, 1.54) is 0 Å². The first-order chi connectivity index (χ1) is 8.31. The van der Waals surface area contributed by atoms with Crippen LogP contribution in [0, 0.1) is 0 Å². The molecule has 1 aromatic carbocycles. The van der Waals surface area contributed by atoms with Crippen molar-refractivity contribution in [2.45, 2.75) is 12.8 Å². The summed E-state index contributed by atoms with van der Waals surface area (Å²) in [6.45, 7) is 2.75. The van der Waals surface area contributed by atoms with Gasteiger partial charge in [-0.1, -0.05) is 0 Å². The lowest BCUT2D eigenvalue weighted by Gasteiger charge is -2.11. The summed E-state index contributed by atoms with van der Waals surface area (Å²) in [5.41, 5.74) is 8.46. The molecular formula is C12H16N4O. The average molecular weight is 232 g/mol. The van der Waals surface area contributed by atoms with Crippen LogP contribution in [0.2, 0.25) is 0 Å². The number of aromatic amines is 1. The highest BCUT2D eigenvalue weighted by atomic mass is 16.7. The molecule has 1 saturated heterocycles. The van der Waals surface area contributed by atoms with E-state index in [0.29, 0.717) is 0 Å². The van der Waals surface area contributed by atoms with Gasteiger partial charge in [-0.05, 0) is 24.6 Å². The molecule has 1 aromatic heterocycles. The Bertz CT molecular complexity index is 516. The Morgan fingerprint density at radius 1 is 1.47 bits per heavy atom. The quantitative estimate of drug-likeness (QED) is 0.783. The summed E-state index contributed by atoms with van der Waals surface area (Å²) in [5.74, 6) is 0.987. The fourth-order valence-corrected chi connectivity index (χ4v) is 2.10. The number of aromatic nitrogens is 2. The van der Waals surface area contributed by atoms with Crippen molar-refractivity contribution in [3.05, 3.63) is 24.0 Å². The Balaban J connectivity index is 1.72. The van der Waals surface area contributed by atoms with Gasteiger partial charge in [0.1, 0.15) is 5.82 Å². The summed E-state index contributed by atoms with van der Waals surface area (Å²) in [4.78, 5) is 13.2. The molecule has 0 unspecified atom stereocenters. The van der Waals surface area contributed by atoms with Crippen LogP contribution in [-0.4, -0.2) is 34.7 Å². The number of rotatable bonds is 3. The van der Waals surface area contributed by atoms with E-state index < -0.39 is 0 Å². The predicted octanol–water partition coefficient (Wildman–Crippen LogP) is 1.32. The molecule has 5 heteroatoms. The standard InChI is InChI=1S/C12H16N4O/c13-9-2-3-10-11(8-9)15-12(14-10)4-6-16-5-1-7-17-16/h2-3,8H,1,4-7,13H2,(H,14,15). The predicted molar refractivity (Wildman–Crippen MR) is 66.4 cm³/mol. The molecule has 1 fully saturated rings. The zero-order valence-corrected chi connectivity index (χ0v) is 9.65. The van der Waals surface area contributed by atoms with E-state index in [1.54, 1.807) is 0 Å². The van der Waals surface area contributed by atoms with Crippen LogP contribution in [0.4, 0.5) is 5.69 Å². The third kappa shape index (κ3) is 2.25. The van der Waals surface area contributed by atoms with Crippen molar-refractivity contribution in [3.63, 3.8) is 0 Å². The van der Waals surface area contributed by atoms with Crippen molar-refractivity contribution in [2.24, 2.45) is 0 Å². The summed E-state index contributed by atoms with van der Waals surface area (Å²) >= 11 is 0. The minimum absolute atomic E-state index is 0.760. The number of H-pyrrole nitrogens is 1. The molecule has 2 heterocycles. The van der Waals surface area contributed by atoms with E-state index in [0.717, 1.165) is 55.1 Å². The van der Waals surface area contributed by atoms with Crippen LogP contribution >= 0.6 is 0 Å². The number of anilines is 1. The second-order valence-corrected chi connectivity index (χ2v) is 4.33. The minimum Gasteiger partial charge on any atom is -0.399 e. The van der Waals surface area contributed by atoms with E-state index in [2.05, 4.69) is 9.97 Å². The number of hydrogen-bond donors (Lipinski definition) is 2. The average Bonchev–Trinajstić information content (AvgIpc) is 2.94. The monoisotopic (exact) mass is 232 g/mol. The highest BCUT2D eigenvalue weighted by molar-refractivity contribution is 5.78. The van der Waals surface area contributed by atoms with Gasteiger partial charge in [0, 0.05) is 25.2 Å². The first kappa shape index (κ1) is 10.6. The summed E-state index contributed by atoms with van der Waals surface area (Å²) in [6, 6.07) is 5.73. The van der Waals surface area contributed by atoms with E-state index in [1.807, 2.05) is 23.3 Å². The molecule has 0 amide bonds. The Labute approximate surface area is 99.5 Å². The van der Waals surface area contributed by atoms with Gasteiger partial charge in [-0.3, -0.25) is 4.84 Å². The van der Waals surface area contributed by atoms with Gasteiger partial charge in [0.2, 0.25) is 0 Å². The number of benzene rings is 1. The number of nitrogens with two attached hydrogens (primary N) is 1. The topological polar surface area (TPSA) is 67.2 Å². The summed E-state index contributed by atoms with van der Waals surface area (Å²) < 4.78 is 0. The maximum Gasteiger partial charge on any atom is 0.108 e. The maximum absolute atomic E-state index is 5.73. The van der Waals surface area contributed by atoms with Crippen LogP contribution in [0.15, 0.2) is 18.2 Å². The molecule has 90 valence electrons. The molecule has 5 nitrogen and oxygen atoms in total. The molecular weight excluding hydrogens is 216 g/mol. The summed E-state index contributed by atoms with van der Waals surface area (Å²) in [6.07, 6.45) is 1.99. The van der Waals surface area contributed by atoms with E-state index in [9.17, 15) is 0 Å². The maximum atomic E-state index is 5.73. The van der Waals surface area contributed by atoms with E-state index >= 15 is 0 Å². The van der Waals surface area contributed by atoms with Gasteiger partial charge in [0.25, 0.3) is 0 Å². The first-order valence-electron chi connectivity index (χ1n) is 5.93. The number of hydrogen-bond acceptors (Lipinski definition) is 4. The molecule has 0 saturated carbocycles. The highest BCUT2D eigenvalue weighted by Crippen LogP contribution is 2.15. The molecule has 3 rings (SSSR count). The van der Waals surface area contributed by atoms with Gasteiger partial charge in [0.05, 0.1) is 17.6 Å². The number of nitrogens with zero attached hydrogens (tertiary/aromatic N) is 2. The number of hydroxylamine groups is 2. The van der Waals surface area contributed by atoms with Gasteiger partial charge in [-0.25, -0.2) is 4.98 Å². The summed E-state index contributed by atoms with van der Waals surface area (Å²) in [5, 5.41) is 2.00. The Kier molecular flexibility index (Phi) is 2.70. The number of nitrogens with one attached hydrogen (secondary N) is 1. The third-order valence-electron chi connectivity index (χ3n) is 2.98. The Morgan fingerprint density at radius 2 is 2.41 bits per heavy atom. The van der Waals surface area contributed by atoms with Crippen molar-refractivity contribution in [2.75, 3.05) is 25.4 Å². The van der Waals surface area contributed by atoms with Crippen LogP contribution in [0.25, 0.3) is 11.0 Å². The van der Waals surface area contributed by atoms with Gasteiger partial charge in [0.15, 0.2) is 0 Å². The third-order valence-corrected chi connectivity index (χ3v) is 2.98. The molecule has 0 atom stereocenters. The largest absolute Gasteiger partial charge is 0.399 e. The molecule has 2 aromatic rings. The Hall–Kier alpha value is -1.59. The van der Waals surface area contributed by atoms with Crippen molar-refractivity contribution >= 4 is 16.7 Å². The summed E-state index contributed by atoms with van der Waals surface area (Å²) in [7, 11) is 0. The van der Waals surface area contributed by atoms with Gasteiger partial charge >= 0.3 is 0 Å². The normalized spacial score (nSPS) is 16.9. The molecule has 1 aliphatic heterocycles. The lowest BCUT2D eigenvalue weighted by Crippen LogP contribution is -2.21. The van der Waals surface area contributed by atoms with Gasteiger partial charge in [-0.2, -0.15) is 5.06 Å². The first-order valence-corrected chi connectivity index (χ1v) is 5.93. The second-order valence-electron chi connectivity index (χ2n) is 4.33. The SMILES string of the molecule is Nc1ccc2nc(CCN3CCCO3)[nH]c2c1. The van der Waals surface area contributed by atoms with Crippen LogP contribution < -0.4 is 5.73 Å². The van der Waals surface area contributed by atoms with Crippen molar-refractivity contribution in [3.8, 4) is 0 Å². The molecule has 0 spiro atoms. The fourth-order valence-electron chi connectivity index (χ4n) is 2.10. The van der Waals surface area contributed by atoms with E-state index in [4.69, 9.17) is 10.6 Å². The molecule has 0 aliphatic carbocycles. The van der Waals surface area contributed by atoms with E-state index in [-0.39, 0.29) is 0 Å². The van der Waals surface area contributed by atoms with Crippen LogP contribution in [0.3, 0.4) is 0 Å². The molecule has 0 radical (unpaired) electrons. The fraction of sp³-hybridized carbons (Fsp3) is 0.417. The zero-order valence-electron chi connectivity index (χ0n) is 9.65. The van der Waals surface area contributed by atoms with Crippen molar-refractivity contribution < 1.29 is 4.84 Å². The Morgan fingerprint density at radius 3 is 3.24 bits per heavy atom. The zero-order chi connectivity index (χ0) is 11.7. The molecule has 1 aliphatic rings. The molecule has 0 bridgehead atoms. The molecule has 3 N–H and O–H groups in total. The van der Waals surface area contributed by atoms with Gasteiger partial charge < -0.3 is 10.7 Å². The smallest absolute Gasteiger partial charge is 0.108 e. The number of imidazole rings is 1. The van der Waals surface area contributed by atoms with Gasteiger partial charge in [-0.15, -0.1) is 0 Å². The van der Waals surface area contributed by atoms with Crippen molar-refractivity contribution in [1.29, 1.82) is 0 Å². The lowest BCUT2D eigenvalue weighted by atomic mass is 10.3. The number of fused-ring (bicyclic) bond motifs is 1. The highest BCUT2D eigenvalue weighted by Gasteiger charge is 2.12. The minimum atomic E-state index is 0.760. The van der Waals surface area contributed by atoms with Crippen LogP contribution in [-0.2, 0) is 11.3 Å². The lowest BCUT2D eigenvalue weighted by molar-refractivity contribution is -0.109. The van der Waals surface area contributed by atoms with Crippen LogP contribution in [0.5, 0.6) is 0 Å². The van der Waals surface area contributed by atoms with Crippen molar-refractivity contribution in [1.82, 2.24) is 15.0 Å². The van der Waals surface area contributed by atoms with Crippen LogP contribution in [0.1, 0.15) is 12.2 Å². The number of nitrogen functional groups attached to an aromatic ring is 1. The second kappa shape index (κ2) is 4.35.